The first-order chi connectivity index (χ1) is 8.04. The van der Waals surface area contributed by atoms with Gasteiger partial charge in [-0.15, -0.1) is 0 Å². The van der Waals surface area contributed by atoms with E-state index in [4.69, 9.17) is 19.3 Å². The van der Waals surface area contributed by atoms with Crippen molar-refractivity contribution < 1.29 is 38.2 Å². The summed E-state index contributed by atoms with van der Waals surface area (Å²) in [5.74, 6) is 0. The maximum atomic E-state index is 11.7. The Bertz CT molecular complexity index is 205. The normalized spacial score (nSPS) is 13.3. The third kappa shape index (κ3) is 14.8. The summed E-state index contributed by atoms with van der Waals surface area (Å²) in [5, 5.41) is 0. The Morgan fingerprint density at radius 2 is 1.72 bits per heavy atom. The predicted octanol–water partition coefficient (Wildman–Crippen LogP) is 4.43. The molecule has 0 heterocycles. The largest absolute Gasteiger partial charge is 0.677 e. The second kappa shape index (κ2) is 15.8. The topological polar surface area (TPSA) is 68.6 Å². The van der Waals surface area contributed by atoms with Crippen molar-refractivity contribution in [3.63, 3.8) is 0 Å². The summed E-state index contributed by atoms with van der Waals surface area (Å²) in [5.41, 5.74) is 6.94. The number of nitrogens with one attached hydrogen (secondary N) is 1. The Morgan fingerprint density at radius 3 is 2.11 bits per heavy atom. The van der Waals surface area contributed by atoms with Crippen LogP contribution in [-0.4, -0.2) is 26.4 Å². The molecule has 18 heavy (non-hydrogen) atoms. The first-order valence-corrected chi connectivity index (χ1v) is 7.63. The predicted molar refractivity (Wildman–Crippen MR) is 71.2 cm³/mol. The third-order valence-corrected chi connectivity index (χ3v) is 3.26. The fourth-order valence-corrected chi connectivity index (χ4v) is 2.09. The Labute approximate surface area is 125 Å². The van der Waals surface area contributed by atoms with Crippen molar-refractivity contribution in [1.29, 1.82) is 0 Å². The molecule has 0 aliphatic heterocycles. The van der Waals surface area contributed by atoms with Crippen molar-refractivity contribution in [2.75, 3.05) is 20.3 Å². The van der Waals surface area contributed by atoms with Crippen LogP contribution in [0.1, 0.15) is 47.0 Å². The molecule has 0 rings (SSSR count). The quantitative estimate of drug-likeness (QED) is 0.377. The summed E-state index contributed by atoms with van der Waals surface area (Å²) in [6, 6.07) is 0. The van der Waals surface area contributed by atoms with Crippen molar-refractivity contribution >= 4 is 7.82 Å². The van der Waals surface area contributed by atoms with Crippen LogP contribution in [0, 0.1) is 0 Å². The van der Waals surface area contributed by atoms with Gasteiger partial charge in [0, 0.05) is 27.2 Å². The van der Waals surface area contributed by atoms with Crippen molar-refractivity contribution in [2.45, 2.75) is 53.1 Å². The Hall–Kier alpha value is 0.719. The molecule has 1 atom stereocenters. The molecule has 1 N–H and O–H groups in total. The number of unbranched alkanes of at least 4 members (excludes halogenated alkanes) is 2. The van der Waals surface area contributed by atoms with Crippen LogP contribution in [-0.2, 0) is 38.2 Å². The molecule has 0 fully saturated rings. The van der Waals surface area contributed by atoms with Crippen LogP contribution >= 0.6 is 7.82 Å². The minimum Gasteiger partial charge on any atom is -0.677 e. The summed E-state index contributed by atoms with van der Waals surface area (Å²) in [6.07, 6.45) is 2.32. The van der Waals surface area contributed by atoms with Crippen LogP contribution in [0.2, 0.25) is 0 Å². The van der Waals surface area contributed by atoms with E-state index in [1.165, 1.54) is 7.11 Å². The number of rotatable bonds is 9. The number of hydrogen-bond donors (Lipinski definition) is 0. The van der Waals surface area contributed by atoms with Gasteiger partial charge in [-0.1, -0.05) is 26.7 Å². The Morgan fingerprint density at radius 1 is 1.17 bits per heavy atom. The average Bonchev–Trinajstić information content (AvgIpc) is 2.30. The van der Waals surface area contributed by atoms with Crippen molar-refractivity contribution in [3.05, 3.63) is 5.73 Å². The standard InChI is InChI=1S/C9H21NO4P.C2H6.Ir/c1-9(2)14-15(11,12-3)13-8-6-4-5-7-10;1-2;/h9-10H,4-8H2,1-3H3;1-2H3;/q-1;;. The van der Waals surface area contributed by atoms with E-state index in [-0.39, 0.29) is 26.2 Å². The zero-order valence-corrected chi connectivity index (χ0v) is 15.3. The molecule has 0 spiro atoms. The van der Waals surface area contributed by atoms with Crippen LogP contribution in [0.15, 0.2) is 0 Å². The molecule has 0 amide bonds. The molecule has 0 aromatic rings. The van der Waals surface area contributed by atoms with Crippen LogP contribution in [0.25, 0.3) is 5.73 Å². The minimum absolute atomic E-state index is 0. The van der Waals surface area contributed by atoms with Crippen LogP contribution in [0.4, 0.5) is 0 Å². The van der Waals surface area contributed by atoms with E-state index in [1.807, 2.05) is 13.8 Å². The molecule has 5 nitrogen and oxygen atoms in total. The molecule has 0 aromatic carbocycles. The van der Waals surface area contributed by atoms with Crippen LogP contribution in [0.5, 0.6) is 0 Å². The molecule has 0 aliphatic carbocycles. The van der Waals surface area contributed by atoms with Gasteiger partial charge in [-0.25, -0.2) is 4.57 Å². The molecule has 1 unspecified atom stereocenters. The minimum atomic E-state index is -3.35. The molecule has 115 valence electrons. The van der Waals surface area contributed by atoms with E-state index in [0.29, 0.717) is 13.2 Å². The molecule has 0 aliphatic rings. The first-order valence-electron chi connectivity index (χ1n) is 6.17. The van der Waals surface area contributed by atoms with Crippen molar-refractivity contribution in [2.24, 2.45) is 0 Å². The molecule has 7 heteroatoms. The van der Waals surface area contributed by atoms with E-state index in [0.717, 1.165) is 19.3 Å². The molecule has 0 aromatic heterocycles. The maximum absolute atomic E-state index is 11.7. The zero-order valence-electron chi connectivity index (χ0n) is 12.0. The van der Waals surface area contributed by atoms with Gasteiger partial charge < -0.3 is 5.73 Å². The molecule has 0 bridgehead atoms. The summed E-state index contributed by atoms with van der Waals surface area (Å²) in [7, 11) is -2.04. The van der Waals surface area contributed by atoms with E-state index in [2.05, 4.69) is 0 Å². The maximum Gasteiger partial charge on any atom is 0.474 e. The fourth-order valence-electron chi connectivity index (χ4n) is 0.965. The zero-order chi connectivity index (χ0) is 13.7. The first kappa shape index (κ1) is 23.8. The summed E-state index contributed by atoms with van der Waals surface area (Å²) in [6.45, 7) is 8.31. The molecule has 0 saturated heterocycles. The van der Waals surface area contributed by atoms with Gasteiger partial charge >= 0.3 is 7.82 Å². The third-order valence-electron chi connectivity index (χ3n) is 1.63. The van der Waals surface area contributed by atoms with E-state index in [9.17, 15) is 4.57 Å². The molecule has 1 radical (unpaired) electrons. The number of phosphoric acid groups is 1. The number of phosphoric ester groups is 1. The SMILES string of the molecule is CC.COP(=O)(OCCCCC[NH-])OC(C)C.[Ir]. The van der Waals surface area contributed by atoms with E-state index in [1.54, 1.807) is 13.8 Å². The molecular formula is C11H27IrNO4P-. The van der Waals surface area contributed by atoms with Gasteiger partial charge in [-0.2, -0.15) is 6.54 Å². The smallest absolute Gasteiger partial charge is 0.474 e. The van der Waals surface area contributed by atoms with E-state index >= 15 is 0 Å². The van der Waals surface area contributed by atoms with Gasteiger partial charge in [0.25, 0.3) is 0 Å². The van der Waals surface area contributed by atoms with E-state index < -0.39 is 7.82 Å². The van der Waals surface area contributed by atoms with Gasteiger partial charge in [0.1, 0.15) is 0 Å². The Balaban J connectivity index is -0.000000709. The van der Waals surface area contributed by atoms with Gasteiger partial charge in [-0.3, -0.25) is 13.6 Å². The van der Waals surface area contributed by atoms with Crippen molar-refractivity contribution in [1.82, 2.24) is 0 Å². The average molecular weight is 461 g/mol. The van der Waals surface area contributed by atoms with Gasteiger partial charge in [-0.05, 0) is 20.3 Å². The summed E-state index contributed by atoms with van der Waals surface area (Å²) < 4.78 is 26.6. The number of hydrogen-bond acceptors (Lipinski definition) is 4. The molecular weight excluding hydrogens is 433 g/mol. The molecule has 0 saturated carbocycles. The van der Waals surface area contributed by atoms with Gasteiger partial charge in [0.15, 0.2) is 0 Å². The Kier molecular flexibility index (Phi) is 20.8. The summed E-state index contributed by atoms with van der Waals surface area (Å²) in [4.78, 5) is 0. The van der Waals surface area contributed by atoms with Crippen LogP contribution < -0.4 is 0 Å². The summed E-state index contributed by atoms with van der Waals surface area (Å²) >= 11 is 0. The fraction of sp³-hybridized carbons (Fsp3) is 1.00. The van der Waals surface area contributed by atoms with Gasteiger partial charge in [0.05, 0.1) is 12.7 Å². The second-order valence-corrected chi connectivity index (χ2v) is 5.16. The second-order valence-electron chi connectivity index (χ2n) is 3.43. The van der Waals surface area contributed by atoms with Gasteiger partial charge in [0.2, 0.25) is 0 Å². The monoisotopic (exact) mass is 461 g/mol. The van der Waals surface area contributed by atoms with Crippen LogP contribution in [0.3, 0.4) is 0 Å². The van der Waals surface area contributed by atoms with Crippen molar-refractivity contribution in [3.8, 4) is 0 Å².